The van der Waals surface area contributed by atoms with Crippen LogP contribution >= 0.6 is 0 Å². The van der Waals surface area contributed by atoms with Gasteiger partial charge < -0.3 is 20.7 Å². The minimum atomic E-state index is -5.43. The third kappa shape index (κ3) is 4.72. The molecule has 1 amide bonds. The predicted octanol–water partition coefficient (Wildman–Crippen LogP) is 2.51. The van der Waals surface area contributed by atoms with Crippen molar-refractivity contribution in [2.75, 3.05) is 11.9 Å². The Morgan fingerprint density at radius 1 is 1.14 bits per heavy atom. The first-order valence-electron chi connectivity index (χ1n) is 10.1. The van der Waals surface area contributed by atoms with Gasteiger partial charge in [0.1, 0.15) is 23.5 Å². The maximum absolute atomic E-state index is 14.2. The van der Waals surface area contributed by atoms with Gasteiger partial charge in [-0.05, 0) is 12.1 Å². The minimum Gasteiger partial charge on any atom is -0.371 e. The molecule has 1 aromatic carbocycles. The lowest BCUT2D eigenvalue weighted by Crippen LogP contribution is -2.59. The van der Waals surface area contributed by atoms with Crippen LogP contribution in [-0.2, 0) is 11.3 Å². The maximum Gasteiger partial charge on any atom is 0.428 e. The number of aliphatic hydroxyl groups is 1. The zero-order valence-electron chi connectivity index (χ0n) is 18.0. The SMILES string of the molecule is NC(=O)C(O)(CNc1nc(-c2cc(-c3ccon3)n(Cc3ccccc3F)n2)ncc1F)C(F)(F)F. The number of carbonyl (C=O) groups is 1. The summed E-state index contributed by atoms with van der Waals surface area (Å²) in [5, 5.41) is 19.8. The lowest BCUT2D eigenvalue weighted by molar-refractivity contribution is -0.245. The first-order chi connectivity index (χ1) is 17.0. The van der Waals surface area contributed by atoms with Crippen LogP contribution in [0.5, 0.6) is 0 Å². The molecule has 0 aliphatic heterocycles. The van der Waals surface area contributed by atoms with Crippen molar-refractivity contribution in [3.05, 3.63) is 66.1 Å². The van der Waals surface area contributed by atoms with Crippen molar-refractivity contribution >= 4 is 11.7 Å². The highest BCUT2D eigenvalue weighted by Crippen LogP contribution is 2.31. The minimum absolute atomic E-state index is 0.0355. The van der Waals surface area contributed by atoms with E-state index in [4.69, 9.17) is 10.3 Å². The first-order valence-corrected chi connectivity index (χ1v) is 10.1. The number of hydrogen-bond acceptors (Lipinski definition) is 8. The Morgan fingerprint density at radius 3 is 2.53 bits per heavy atom. The van der Waals surface area contributed by atoms with Crippen LogP contribution in [-0.4, -0.2) is 54.2 Å². The second-order valence-electron chi connectivity index (χ2n) is 7.51. The van der Waals surface area contributed by atoms with Crippen LogP contribution in [0.2, 0.25) is 0 Å². The van der Waals surface area contributed by atoms with E-state index in [-0.39, 0.29) is 23.6 Å². The first kappa shape index (κ1) is 24.7. The molecule has 188 valence electrons. The van der Waals surface area contributed by atoms with Gasteiger partial charge in [-0.2, -0.15) is 18.3 Å². The van der Waals surface area contributed by atoms with Crippen LogP contribution in [0.4, 0.5) is 27.8 Å². The molecule has 1 atom stereocenters. The number of primary amides is 1. The van der Waals surface area contributed by atoms with Gasteiger partial charge in [-0.15, -0.1) is 0 Å². The van der Waals surface area contributed by atoms with E-state index in [2.05, 4.69) is 20.2 Å². The van der Waals surface area contributed by atoms with Gasteiger partial charge in [0, 0.05) is 11.6 Å². The zero-order valence-corrected chi connectivity index (χ0v) is 18.0. The molecule has 0 aliphatic rings. The number of nitrogens with one attached hydrogen (secondary N) is 1. The fourth-order valence-corrected chi connectivity index (χ4v) is 3.14. The molecule has 15 heteroatoms. The lowest BCUT2D eigenvalue weighted by Gasteiger charge is -2.27. The second kappa shape index (κ2) is 9.33. The van der Waals surface area contributed by atoms with E-state index >= 15 is 0 Å². The quantitative estimate of drug-likeness (QED) is 0.307. The standard InChI is InChI=1S/C21H16F5N7O3/c22-12-4-2-1-3-11(12)9-33-16(14-5-6-36-32-14)7-15(31-33)18-28-8-13(23)17(30-18)29-10-20(35,19(27)34)21(24,25)26/h1-8,35H,9-10H2,(H2,27,34)(H,28,29,30). The summed E-state index contributed by atoms with van der Waals surface area (Å²) in [5.74, 6) is -4.73. The summed E-state index contributed by atoms with van der Waals surface area (Å²) >= 11 is 0. The van der Waals surface area contributed by atoms with E-state index in [0.717, 1.165) is 0 Å². The Labute approximate surface area is 198 Å². The average molecular weight is 509 g/mol. The summed E-state index contributed by atoms with van der Waals surface area (Å²) in [4.78, 5) is 18.8. The smallest absolute Gasteiger partial charge is 0.371 e. The summed E-state index contributed by atoms with van der Waals surface area (Å²) < 4.78 is 74.0. The Morgan fingerprint density at radius 2 is 1.89 bits per heavy atom. The van der Waals surface area contributed by atoms with Crippen molar-refractivity contribution in [3.8, 4) is 22.9 Å². The molecule has 0 aliphatic carbocycles. The fraction of sp³-hybridized carbons (Fsp3) is 0.190. The maximum atomic E-state index is 14.2. The molecule has 4 rings (SSSR count). The van der Waals surface area contributed by atoms with Gasteiger partial charge in [0.05, 0.1) is 25.0 Å². The number of nitrogens with two attached hydrogens (primary N) is 1. The molecule has 36 heavy (non-hydrogen) atoms. The predicted molar refractivity (Wildman–Crippen MR) is 113 cm³/mol. The molecule has 0 saturated heterocycles. The van der Waals surface area contributed by atoms with Crippen LogP contribution in [0.1, 0.15) is 5.56 Å². The highest BCUT2D eigenvalue weighted by atomic mass is 19.4. The number of alkyl halides is 3. The molecular weight excluding hydrogens is 493 g/mol. The highest BCUT2D eigenvalue weighted by molar-refractivity contribution is 5.85. The van der Waals surface area contributed by atoms with E-state index in [1.807, 2.05) is 5.32 Å². The van der Waals surface area contributed by atoms with Gasteiger partial charge in [-0.3, -0.25) is 9.48 Å². The van der Waals surface area contributed by atoms with Crippen molar-refractivity contribution in [3.63, 3.8) is 0 Å². The van der Waals surface area contributed by atoms with Crippen molar-refractivity contribution < 1.29 is 36.4 Å². The Balaban J connectivity index is 1.69. The number of benzene rings is 1. The fourth-order valence-electron chi connectivity index (χ4n) is 3.14. The van der Waals surface area contributed by atoms with Gasteiger partial charge in [0.25, 0.3) is 11.5 Å². The van der Waals surface area contributed by atoms with Crippen LogP contribution in [0, 0.1) is 11.6 Å². The number of carbonyl (C=O) groups excluding carboxylic acids is 1. The van der Waals surface area contributed by atoms with E-state index in [1.54, 1.807) is 12.1 Å². The summed E-state index contributed by atoms with van der Waals surface area (Å²) in [5.41, 5.74) is 1.71. The second-order valence-corrected chi connectivity index (χ2v) is 7.51. The number of aromatic nitrogens is 5. The average Bonchev–Trinajstić information content (AvgIpc) is 3.49. The molecule has 0 fully saturated rings. The normalized spacial score (nSPS) is 13.4. The third-order valence-corrected chi connectivity index (χ3v) is 5.12. The van der Waals surface area contributed by atoms with E-state index in [9.17, 15) is 31.9 Å². The number of nitrogens with zero attached hydrogens (tertiary/aromatic N) is 5. The largest absolute Gasteiger partial charge is 0.428 e. The van der Waals surface area contributed by atoms with Crippen molar-refractivity contribution in [1.82, 2.24) is 24.9 Å². The molecule has 10 nitrogen and oxygen atoms in total. The van der Waals surface area contributed by atoms with Gasteiger partial charge in [0.2, 0.25) is 0 Å². The summed E-state index contributed by atoms with van der Waals surface area (Å²) in [6, 6.07) is 8.91. The lowest BCUT2D eigenvalue weighted by atomic mass is 10.0. The Kier molecular flexibility index (Phi) is 6.41. The Bertz CT molecular complexity index is 1390. The van der Waals surface area contributed by atoms with Crippen LogP contribution in [0.3, 0.4) is 0 Å². The zero-order chi connectivity index (χ0) is 26.1. The van der Waals surface area contributed by atoms with Gasteiger partial charge in [-0.25, -0.2) is 18.7 Å². The summed E-state index contributed by atoms with van der Waals surface area (Å²) in [6.07, 6.45) is -3.48. The van der Waals surface area contributed by atoms with Crippen molar-refractivity contribution in [1.29, 1.82) is 0 Å². The summed E-state index contributed by atoms with van der Waals surface area (Å²) in [6.45, 7) is -1.55. The van der Waals surface area contributed by atoms with E-state index in [1.165, 1.54) is 35.2 Å². The van der Waals surface area contributed by atoms with E-state index in [0.29, 0.717) is 17.6 Å². The molecule has 3 aromatic heterocycles. The highest BCUT2D eigenvalue weighted by Gasteiger charge is 2.58. The molecule has 4 aromatic rings. The molecule has 0 spiro atoms. The molecular formula is C21H16F5N7O3. The summed E-state index contributed by atoms with van der Waals surface area (Å²) in [7, 11) is 0. The number of rotatable bonds is 8. The van der Waals surface area contributed by atoms with Crippen molar-refractivity contribution in [2.45, 2.75) is 18.3 Å². The van der Waals surface area contributed by atoms with Gasteiger partial charge >= 0.3 is 6.18 Å². The molecule has 0 saturated carbocycles. The van der Waals surface area contributed by atoms with Gasteiger partial charge in [0.15, 0.2) is 17.5 Å². The monoisotopic (exact) mass is 509 g/mol. The number of amides is 1. The molecule has 1 unspecified atom stereocenters. The van der Waals surface area contributed by atoms with E-state index < -0.39 is 41.7 Å². The van der Waals surface area contributed by atoms with Gasteiger partial charge in [-0.1, -0.05) is 23.4 Å². The molecule has 4 N–H and O–H groups in total. The Hall–Kier alpha value is -4.40. The number of halogens is 5. The van der Waals surface area contributed by atoms with Crippen molar-refractivity contribution in [2.24, 2.45) is 5.73 Å². The van der Waals surface area contributed by atoms with Crippen LogP contribution in [0.25, 0.3) is 22.9 Å². The molecule has 3 heterocycles. The molecule has 0 radical (unpaired) electrons. The van der Waals surface area contributed by atoms with Crippen LogP contribution in [0.15, 0.2) is 53.4 Å². The number of hydrogen-bond donors (Lipinski definition) is 3. The topological polar surface area (TPSA) is 145 Å². The third-order valence-electron chi connectivity index (χ3n) is 5.12. The number of anilines is 1. The van der Waals surface area contributed by atoms with Crippen LogP contribution < -0.4 is 11.1 Å². The molecule has 0 bridgehead atoms.